The van der Waals surface area contributed by atoms with Gasteiger partial charge in [0.15, 0.2) is 23.3 Å². The van der Waals surface area contributed by atoms with E-state index < -0.39 is 0 Å². The number of hydrogen-bond acceptors (Lipinski definition) is 10. The van der Waals surface area contributed by atoms with Crippen LogP contribution >= 0.6 is 49.6 Å². The summed E-state index contributed by atoms with van der Waals surface area (Å²) in [6.07, 6.45) is 8.92. The molecule has 35 heavy (non-hydrogen) atoms. The molecule has 0 fully saturated rings. The molecule has 0 amide bonds. The van der Waals surface area contributed by atoms with Crippen molar-refractivity contribution in [1.29, 1.82) is 0 Å². The van der Waals surface area contributed by atoms with Gasteiger partial charge in [0.25, 0.3) is 0 Å². The number of rotatable bonds is 6. The highest BCUT2D eigenvalue weighted by Gasteiger charge is 2.05. The molecule has 0 atom stereocenters. The largest absolute Gasteiger partial charge is 0.412 e. The highest BCUT2D eigenvalue weighted by atomic mass is 35.5. The molecule has 0 aliphatic heterocycles. The number of nitrogens with two attached hydrogens (primary N) is 2. The van der Waals surface area contributed by atoms with Crippen molar-refractivity contribution < 1.29 is 5.48 Å². The number of halogens is 4. The van der Waals surface area contributed by atoms with Crippen molar-refractivity contribution in [2.24, 2.45) is 11.7 Å². The Morgan fingerprint density at radius 1 is 0.657 bits per heavy atom. The Morgan fingerprint density at radius 3 is 1.29 bits per heavy atom. The fourth-order valence-corrected chi connectivity index (χ4v) is 2.67. The lowest BCUT2D eigenvalue weighted by Gasteiger charge is -2.04. The normalized spacial score (nSPS) is 8.80. The summed E-state index contributed by atoms with van der Waals surface area (Å²) in [5.41, 5.74) is 4.86. The maximum atomic E-state index is 5.20. The zero-order valence-electron chi connectivity index (χ0n) is 18.9. The summed E-state index contributed by atoms with van der Waals surface area (Å²) in [6.45, 7) is 4.09. The van der Waals surface area contributed by atoms with Gasteiger partial charge in [0.1, 0.15) is 11.6 Å². The van der Waals surface area contributed by atoms with Crippen molar-refractivity contribution in [1.82, 2.24) is 39.5 Å². The summed E-state index contributed by atoms with van der Waals surface area (Å²) in [5, 5.41) is 15.8. The molecule has 4 rings (SSSR count). The van der Waals surface area contributed by atoms with Crippen molar-refractivity contribution in [2.75, 3.05) is 10.9 Å². The second-order valence-electron chi connectivity index (χ2n) is 5.98. The summed E-state index contributed by atoms with van der Waals surface area (Å²) in [7, 11) is 0. The van der Waals surface area contributed by atoms with Gasteiger partial charge in [0.05, 0.1) is 0 Å². The molecule has 4 heterocycles. The van der Waals surface area contributed by atoms with E-state index in [9.17, 15) is 0 Å². The maximum absolute atomic E-state index is 5.20. The second-order valence-corrected chi connectivity index (χ2v) is 5.98. The van der Waals surface area contributed by atoms with E-state index in [1.54, 1.807) is 24.5 Å². The van der Waals surface area contributed by atoms with Crippen LogP contribution in [-0.2, 0) is 12.8 Å². The van der Waals surface area contributed by atoms with E-state index in [-0.39, 0.29) is 55.1 Å². The van der Waals surface area contributed by atoms with E-state index in [0.29, 0.717) is 11.6 Å². The molecule has 0 saturated heterocycles. The minimum Gasteiger partial charge on any atom is -0.412 e. The number of imidazole rings is 2. The smallest absolute Gasteiger partial charge is 0.162 e. The van der Waals surface area contributed by atoms with Crippen LogP contribution in [0.5, 0.6) is 0 Å². The predicted octanol–water partition coefficient (Wildman–Crippen LogP) is 1.88. The van der Waals surface area contributed by atoms with Crippen LogP contribution in [0.3, 0.4) is 0 Å². The third-order valence-corrected chi connectivity index (χ3v) is 4.16. The summed E-state index contributed by atoms with van der Waals surface area (Å²) in [5.74, 6) is 14.9. The van der Waals surface area contributed by atoms with Crippen molar-refractivity contribution in [2.45, 2.75) is 26.7 Å². The van der Waals surface area contributed by atoms with Crippen LogP contribution in [0.4, 0.5) is 11.6 Å². The minimum atomic E-state index is 0. The zero-order chi connectivity index (χ0) is 21.3. The lowest BCUT2D eigenvalue weighted by atomic mass is 10.4. The van der Waals surface area contributed by atoms with Crippen LogP contribution in [0.1, 0.15) is 25.5 Å². The summed E-state index contributed by atoms with van der Waals surface area (Å²) in [4.78, 5) is 8.42. The number of nitrogens with one attached hydrogen (secondary N) is 2. The minimum absolute atomic E-state index is 0. The average Bonchev–Trinajstić information content (AvgIpc) is 3.49. The molecule has 0 unspecified atom stereocenters. The van der Waals surface area contributed by atoms with E-state index in [2.05, 4.69) is 41.2 Å². The third-order valence-electron chi connectivity index (χ3n) is 4.16. The number of nitrogens with zero attached hydrogens (tertiary/aromatic N) is 8. The second kappa shape index (κ2) is 18.5. The van der Waals surface area contributed by atoms with E-state index >= 15 is 0 Å². The Kier molecular flexibility index (Phi) is 19.5. The molecule has 8 N–H and O–H groups in total. The van der Waals surface area contributed by atoms with Gasteiger partial charge in [0, 0.05) is 37.6 Å². The molecule has 0 spiro atoms. The fourth-order valence-electron chi connectivity index (χ4n) is 2.67. The van der Waals surface area contributed by atoms with Gasteiger partial charge in [-0.1, -0.05) is 13.8 Å². The van der Waals surface area contributed by atoms with E-state index in [1.165, 1.54) is 0 Å². The highest BCUT2D eigenvalue weighted by Crippen LogP contribution is 2.10. The first-order valence-corrected chi connectivity index (χ1v) is 9.36. The Morgan fingerprint density at radius 2 is 1.03 bits per heavy atom. The molecule has 4 aromatic heterocycles. The quantitative estimate of drug-likeness (QED) is 0.196. The average molecular weight is 572 g/mol. The fraction of sp³-hybridized carbons (Fsp3) is 0.222. The van der Waals surface area contributed by atoms with E-state index in [4.69, 9.17) is 11.7 Å². The third kappa shape index (κ3) is 9.41. The highest BCUT2D eigenvalue weighted by molar-refractivity contribution is 5.86. The first-order chi connectivity index (χ1) is 14.7. The lowest BCUT2D eigenvalue weighted by Crippen LogP contribution is -2.10. The van der Waals surface area contributed by atoms with Crippen LogP contribution in [0, 0.1) is 0 Å². The standard InChI is InChI=1S/2C9H12N6.4ClH.H2O/c2*1-2-8-11-5-6-15(8)9-4-3-7(12-10)13-14-9;;;;;/h2*3-6H,2,10H2,1H3,(H,12,13);4*1H;1H2. The van der Waals surface area contributed by atoms with Crippen molar-refractivity contribution in [3.8, 4) is 11.6 Å². The molecule has 0 saturated carbocycles. The number of nitrogen functional groups attached to an aromatic ring is 2. The van der Waals surface area contributed by atoms with Gasteiger partial charge in [-0.2, -0.15) is 0 Å². The molecule has 0 aliphatic rings. The van der Waals surface area contributed by atoms with Crippen molar-refractivity contribution in [3.05, 3.63) is 60.7 Å². The summed E-state index contributed by atoms with van der Waals surface area (Å²) in [6, 6.07) is 7.20. The Hall–Kier alpha value is -2.78. The van der Waals surface area contributed by atoms with Crippen molar-refractivity contribution >= 4 is 61.3 Å². The van der Waals surface area contributed by atoms with Crippen LogP contribution in [-0.4, -0.2) is 45.0 Å². The number of aromatic nitrogens is 8. The van der Waals surface area contributed by atoms with E-state index in [0.717, 1.165) is 36.1 Å². The van der Waals surface area contributed by atoms with Gasteiger partial charge >= 0.3 is 0 Å². The first kappa shape index (κ1) is 36.8. The predicted molar refractivity (Wildman–Crippen MR) is 145 cm³/mol. The molecule has 0 bridgehead atoms. The molecule has 0 aromatic carbocycles. The Labute approximate surface area is 227 Å². The monoisotopic (exact) mass is 570 g/mol. The van der Waals surface area contributed by atoms with Crippen LogP contribution in [0.15, 0.2) is 49.1 Å². The topological polar surface area (TPSA) is 195 Å². The Bertz CT molecular complexity index is 974. The van der Waals surface area contributed by atoms with E-state index in [1.807, 2.05) is 47.5 Å². The zero-order valence-corrected chi connectivity index (χ0v) is 22.2. The molecule has 196 valence electrons. The number of anilines is 2. The van der Waals surface area contributed by atoms with Gasteiger partial charge in [0.2, 0.25) is 0 Å². The van der Waals surface area contributed by atoms with Crippen LogP contribution in [0.2, 0.25) is 0 Å². The van der Waals surface area contributed by atoms with Gasteiger partial charge < -0.3 is 16.3 Å². The summed E-state index contributed by atoms with van der Waals surface area (Å²) < 4.78 is 3.79. The molecule has 17 heteroatoms. The number of aryl methyl sites for hydroxylation is 2. The Balaban J connectivity index is -0.000000512. The maximum Gasteiger partial charge on any atom is 0.162 e. The van der Waals surface area contributed by atoms with Crippen LogP contribution in [0.25, 0.3) is 11.6 Å². The molecule has 0 aliphatic carbocycles. The molecule has 13 nitrogen and oxygen atoms in total. The van der Waals surface area contributed by atoms with Gasteiger partial charge in [-0.05, 0) is 24.3 Å². The van der Waals surface area contributed by atoms with Gasteiger partial charge in [-0.15, -0.1) is 70.0 Å². The molecular weight excluding hydrogens is 542 g/mol. The SMILES string of the molecule is CCc1nccn1-c1ccc(NN)nn1.CCc1nccn1-c1ccc(NN)nn1.Cl.Cl.Cl.Cl.O. The molecule has 0 radical (unpaired) electrons. The van der Waals surface area contributed by atoms with Gasteiger partial charge in [-0.25, -0.2) is 21.7 Å². The first-order valence-electron chi connectivity index (χ1n) is 9.36. The van der Waals surface area contributed by atoms with Gasteiger partial charge in [-0.3, -0.25) is 9.13 Å². The molecular formula is C18H30Cl4N12O. The number of hydrogen-bond donors (Lipinski definition) is 4. The van der Waals surface area contributed by atoms with Crippen molar-refractivity contribution in [3.63, 3.8) is 0 Å². The number of hydrazine groups is 2. The lowest BCUT2D eigenvalue weighted by molar-refractivity contribution is 0.824. The van der Waals surface area contributed by atoms with Crippen LogP contribution < -0.4 is 22.5 Å². The summed E-state index contributed by atoms with van der Waals surface area (Å²) >= 11 is 0. The molecule has 4 aromatic rings.